The summed E-state index contributed by atoms with van der Waals surface area (Å²) in [7, 11) is 0. The van der Waals surface area contributed by atoms with Crippen molar-refractivity contribution in [3.63, 3.8) is 0 Å². The minimum atomic E-state index is 0. The fourth-order valence-corrected chi connectivity index (χ4v) is 3.52. The van der Waals surface area contributed by atoms with Gasteiger partial charge in [-0.2, -0.15) is 0 Å². The Morgan fingerprint density at radius 1 is 1.23 bits per heavy atom. The van der Waals surface area contributed by atoms with E-state index >= 15 is 0 Å². The second kappa shape index (κ2) is 7.85. The van der Waals surface area contributed by atoms with Crippen LogP contribution < -0.4 is 10.6 Å². The van der Waals surface area contributed by atoms with Gasteiger partial charge in [0.25, 0.3) is 5.91 Å². The van der Waals surface area contributed by atoms with Gasteiger partial charge in [0, 0.05) is 42.3 Å². The highest BCUT2D eigenvalue weighted by molar-refractivity contribution is 7.99. The number of halogens is 1. The highest BCUT2D eigenvalue weighted by Crippen LogP contribution is 2.31. The Morgan fingerprint density at radius 3 is 2.95 bits per heavy atom. The van der Waals surface area contributed by atoms with Gasteiger partial charge in [0.15, 0.2) is 0 Å². The molecule has 0 unspecified atom stereocenters. The van der Waals surface area contributed by atoms with Gasteiger partial charge in [-0.15, -0.1) is 24.2 Å². The van der Waals surface area contributed by atoms with E-state index in [-0.39, 0.29) is 24.2 Å². The Balaban J connectivity index is 0.00000176. The molecule has 1 aromatic rings. The van der Waals surface area contributed by atoms with Crippen molar-refractivity contribution >= 4 is 41.7 Å². The molecular weight excluding hydrogens is 322 g/mol. The molecule has 22 heavy (non-hydrogen) atoms. The lowest BCUT2D eigenvalue weighted by atomic mass is 10.1. The fourth-order valence-electron chi connectivity index (χ4n) is 2.58. The van der Waals surface area contributed by atoms with Crippen LogP contribution in [0, 0.1) is 0 Å². The first-order chi connectivity index (χ1) is 10.2. The summed E-state index contributed by atoms with van der Waals surface area (Å²) in [6.07, 6.45) is 1.49. The first kappa shape index (κ1) is 17.1. The standard InChI is InChI=1S/C15H19N3O2S.ClH/c19-14-4-9-21-13-3-2-11(10-12(13)17-14)15(20)18-7-1-5-16-6-8-18;/h2-3,10,16H,1,4-9H2,(H,17,19);1H. The van der Waals surface area contributed by atoms with Gasteiger partial charge in [0.1, 0.15) is 0 Å². The third-order valence-corrected chi connectivity index (χ3v) is 4.79. The third kappa shape index (κ3) is 3.94. The van der Waals surface area contributed by atoms with Crippen molar-refractivity contribution in [2.45, 2.75) is 17.7 Å². The second-order valence-corrected chi connectivity index (χ2v) is 6.39. The van der Waals surface area contributed by atoms with E-state index in [1.54, 1.807) is 11.8 Å². The number of carbonyl (C=O) groups is 2. The first-order valence-corrected chi connectivity index (χ1v) is 8.29. The van der Waals surface area contributed by atoms with E-state index < -0.39 is 0 Å². The van der Waals surface area contributed by atoms with Crippen LogP contribution >= 0.6 is 24.2 Å². The lowest BCUT2D eigenvalue weighted by molar-refractivity contribution is -0.115. The number of benzene rings is 1. The number of nitrogens with zero attached hydrogens (tertiary/aromatic N) is 1. The molecule has 0 aromatic heterocycles. The van der Waals surface area contributed by atoms with Gasteiger partial charge in [-0.05, 0) is 31.2 Å². The molecule has 0 spiro atoms. The van der Waals surface area contributed by atoms with Crippen LogP contribution in [0.4, 0.5) is 5.69 Å². The second-order valence-electron chi connectivity index (χ2n) is 5.25. The largest absolute Gasteiger partial charge is 0.337 e. The van der Waals surface area contributed by atoms with E-state index in [0.717, 1.165) is 48.9 Å². The maximum absolute atomic E-state index is 12.6. The molecule has 0 radical (unpaired) electrons. The zero-order valence-electron chi connectivity index (χ0n) is 12.3. The molecular formula is C15H20ClN3O2S. The number of nitrogens with one attached hydrogen (secondary N) is 2. The molecule has 1 saturated heterocycles. The van der Waals surface area contributed by atoms with Crippen molar-refractivity contribution in [3.8, 4) is 0 Å². The van der Waals surface area contributed by atoms with Crippen LogP contribution in [0.3, 0.4) is 0 Å². The zero-order chi connectivity index (χ0) is 14.7. The summed E-state index contributed by atoms with van der Waals surface area (Å²) in [5.41, 5.74) is 1.42. The minimum Gasteiger partial charge on any atom is -0.337 e. The van der Waals surface area contributed by atoms with E-state index in [1.165, 1.54) is 0 Å². The van der Waals surface area contributed by atoms with Crippen molar-refractivity contribution in [1.82, 2.24) is 10.2 Å². The molecule has 5 nitrogen and oxygen atoms in total. The predicted molar refractivity (Wildman–Crippen MR) is 91.1 cm³/mol. The number of hydrogen-bond acceptors (Lipinski definition) is 4. The maximum Gasteiger partial charge on any atom is 0.253 e. The summed E-state index contributed by atoms with van der Waals surface area (Å²) in [4.78, 5) is 27.1. The maximum atomic E-state index is 12.6. The number of fused-ring (bicyclic) bond motifs is 1. The Bertz CT molecular complexity index is 560. The van der Waals surface area contributed by atoms with Crippen molar-refractivity contribution in [3.05, 3.63) is 23.8 Å². The van der Waals surface area contributed by atoms with E-state index in [4.69, 9.17) is 0 Å². The van der Waals surface area contributed by atoms with Crippen LogP contribution in [0.1, 0.15) is 23.2 Å². The quantitative estimate of drug-likeness (QED) is 0.820. The van der Waals surface area contributed by atoms with Gasteiger partial charge in [-0.1, -0.05) is 0 Å². The number of hydrogen-bond donors (Lipinski definition) is 2. The Labute approximate surface area is 140 Å². The molecule has 2 amide bonds. The summed E-state index contributed by atoms with van der Waals surface area (Å²) < 4.78 is 0. The normalized spacial score (nSPS) is 18.4. The van der Waals surface area contributed by atoms with Crippen molar-refractivity contribution in [2.75, 3.05) is 37.2 Å². The molecule has 2 N–H and O–H groups in total. The van der Waals surface area contributed by atoms with Crippen molar-refractivity contribution in [1.29, 1.82) is 0 Å². The number of carbonyl (C=O) groups excluding carboxylic acids is 2. The van der Waals surface area contributed by atoms with Crippen LogP contribution in [0.2, 0.25) is 0 Å². The van der Waals surface area contributed by atoms with Crippen molar-refractivity contribution < 1.29 is 9.59 Å². The number of rotatable bonds is 1. The molecule has 0 bridgehead atoms. The lowest BCUT2D eigenvalue weighted by Gasteiger charge is -2.20. The molecule has 2 aliphatic heterocycles. The molecule has 0 atom stereocenters. The molecule has 120 valence electrons. The van der Waals surface area contributed by atoms with Crippen LogP contribution in [0.5, 0.6) is 0 Å². The highest BCUT2D eigenvalue weighted by atomic mass is 35.5. The molecule has 3 rings (SSSR count). The van der Waals surface area contributed by atoms with E-state index in [0.29, 0.717) is 12.0 Å². The summed E-state index contributed by atoms with van der Waals surface area (Å²) in [6, 6.07) is 5.62. The van der Waals surface area contributed by atoms with Gasteiger partial charge < -0.3 is 15.5 Å². The van der Waals surface area contributed by atoms with E-state index in [1.807, 2.05) is 23.1 Å². The lowest BCUT2D eigenvalue weighted by Crippen LogP contribution is -2.34. The predicted octanol–water partition coefficient (Wildman–Crippen LogP) is 1.98. The highest BCUT2D eigenvalue weighted by Gasteiger charge is 2.20. The molecule has 0 aliphatic carbocycles. The topological polar surface area (TPSA) is 61.4 Å². The Hall–Kier alpha value is -1.24. The monoisotopic (exact) mass is 341 g/mol. The first-order valence-electron chi connectivity index (χ1n) is 7.31. The molecule has 2 heterocycles. The average Bonchev–Trinajstić information content (AvgIpc) is 2.85. The number of amides is 2. The van der Waals surface area contributed by atoms with Gasteiger partial charge >= 0.3 is 0 Å². The van der Waals surface area contributed by atoms with Gasteiger partial charge in [0.2, 0.25) is 5.91 Å². The molecule has 1 aromatic carbocycles. The van der Waals surface area contributed by atoms with Gasteiger partial charge in [0.05, 0.1) is 5.69 Å². The Kier molecular flexibility index (Phi) is 6.11. The molecule has 1 fully saturated rings. The summed E-state index contributed by atoms with van der Waals surface area (Å²) >= 11 is 1.65. The van der Waals surface area contributed by atoms with Gasteiger partial charge in [-0.25, -0.2) is 0 Å². The summed E-state index contributed by atoms with van der Waals surface area (Å²) in [6.45, 7) is 3.31. The van der Waals surface area contributed by atoms with Gasteiger partial charge in [-0.3, -0.25) is 9.59 Å². The zero-order valence-corrected chi connectivity index (χ0v) is 13.9. The average molecular weight is 342 g/mol. The minimum absolute atomic E-state index is 0. The molecule has 2 aliphatic rings. The summed E-state index contributed by atoms with van der Waals surface area (Å²) in [5, 5.41) is 6.18. The number of thioether (sulfide) groups is 1. The van der Waals surface area contributed by atoms with E-state index in [2.05, 4.69) is 10.6 Å². The Morgan fingerprint density at radius 2 is 2.09 bits per heavy atom. The molecule has 7 heteroatoms. The smallest absolute Gasteiger partial charge is 0.253 e. The molecule has 0 saturated carbocycles. The van der Waals surface area contributed by atoms with Crippen LogP contribution in [-0.4, -0.2) is 48.6 Å². The number of anilines is 1. The van der Waals surface area contributed by atoms with E-state index in [9.17, 15) is 9.59 Å². The van der Waals surface area contributed by atoms with Crippen LogP contribution in [-0.2, 0) is 4.79 Å². The summed E-state index contributed by atoms with van der Waals surface area (Å²) in [5.74, 6) is 0.846. The van der Waals surface area contributed by atoms with Crippen LogP contribution in [0.25, 0.3) is 0 Å². The van der Waals surface area contributed by atoms with Crippen LogP contribution in [0.15, 0.2) is 23.1 Å². The fraction of sp³-hybridized carbons (Fsp3) is 0.467. The van der Waals surface area contributed by atoms with Crippen molar-refractivity contribution in [2.24, 2.45) is 0 Å². The third-order valence-electron chi connectivity index (χ3n) is 3.71. The SMILES string of the molecule is Cl.O=C1CCSc2ccc(C(=O)N3CCCNCC3)cc2N1.